The number of hydrogen-bond acceptors (Lipinski definition) is 8. The van der Waals surface area contributed by atoms with E-state index >= 15 is 0 Å². The molecule has 2 aromatic rings. The SMILES string of the molecule is CO[C@@H]1O[C@@H]2CO[C@H](c3ccccc3)O[C@@H]2[C@H](OS(=O)(=O)c2ccccc2)[C@H]1O. The number of aliphatic hydroxyl groups is 1. The molecule has 0 spiro atoms. The average molecular weight is 422 g/mol. The number of rotatable bonds is 5. The van der Waals surface area contributed by atoms with Crippen LogP contribution in [-0.2, 0) is 33.2 Å². The molecular formula is C20H22O8S. The van der Waals surface area contributed by atoms with Crippen LogP contribution in [0.2, 0.25) is 0 Å². The molecule has 9 heteroatoms. The summed E-state index contributed by atoms with van der Waals surface area (Å²) in [5, 5.41) is 10.7. The molecule has 1 N–H and O–H groups in total. The molecule has 0 amide bonds. The van der Waals surface area contributed by atoms with Crippen molar-refractivity contribution in [2.24, 2.45) is 0 Å². The first-order valence-electron chi connectivity index (χ1n) is 9.16. The van der Waals surface area contributed by atoms with E-state index in [4.69, 9.17) is 23.1 Å². The highest BCUT2D eigenvalue weighted by Crippen LogP contribution is 2.36. The molecule has 29 heavy (non-hydrogen) atoms. The van der Waals surface area contributed by atoms with Crippen molar-refractivity contribution >= 4 is 10.1 Å². The molecular weight excluding hydrogens is 400 g/mol. The minimum Gasteiger partial charge on any atom is -0.385 e. The van der Waals surface area contributed by atoms with Crippen LogP contribution in [0.15, 0.2) is 65.6 Å². The van der Waals surface area contributed by atoms with Gasteiger partial charge in [-0.25, -0.2) is 0 Å². The van der Waals surface area contributed by atoms with Gasteiger partial charge in [-0.2, -0.15) is 8.42 Å². The third kappa shape index (κ3) is 4.22. The smallest absolute Gasteiger partial charge is 0.297 e. The van der Waals surface area contributed by atoms with Crippen molar-refractivity contribution in [1.29, 1.82) is 0 Å². The molecule has 2 heterocycles. The van der Waals surface area contributed by atoms with Crippen LogP contribution in [0.4, 0.5) is 0 Å². The molecule has 6 atom stereocenters. The summed E-state index contributed by atoms with van der Waals surface area (Å²) in [6.07, 6.45) is -5.98. The Balaban J connectivity index is 1.61. The van der Waals surface area contributed by atoms with Crippen molar-refractivity contribution in [3.05, 3.63) is 66.2 Å². The van der Waals surface area contributed by atoms with Gasteiger partial charge in [0.05, 0.1) is 11.5 Å². The van der Waals surface area contributed by atoms with Gasteiger partial charge in [-0.15, -0.1) is 0 Å². The summed E-state index contributed by atoms with van der Waals surface area (Å²) >= 11 is 0. The van der Waals surface area contributed by atoms with Crippen molar-refractivity contribution in [2.75, 3.05) is 13.7 Å². The van der Waals surface area contributed by atoms with Gasteiger partial charge in [0, 0.05) is 12.7 Å². The normalized spacial score (nSPS) is 32.5. The van der Waals surface area contributed by atoms with Gasteiger partial charge in [0.15, 0.2) is 12.6 Å². The summed E-state index contributed by atoms with van der Waals surface area (Å²) in [6.45, 7) is 0.127. The van der Waals surface area contributed by atoms with E-state index in [1.54, 1.807) is 18.2 Å². The first kappa shape index (κ1) is 20.4. The molecule has 2 fully saturated rings. The van der Waals surface area contributed by atoms with Crippen LogP contribution >= 0.6 is 0 Å². The monoisotopic (exact) mass is 422 g/mol. The molecule has 0 aromatic heterocycles. The Morgan fingerprint density at radius 2 is 1.66 bits per heavy atom. The minimum atomic E-state index is -4.15. The molecule has 0 saturated carbocycles. The van der Waals surface area contributed by atoms with Gasteiger partial charge >= 0.3 is 0 Å². The lowest BCUT2D eigenvalue weighted by Gasteiger charge is -2.46. The molecule has 2 aromatic carbocycles. The molecule has 2 aliphatic rings. The topological polar surface area (TPSA) is 101 Å². The maximum absolute atomic E-state index is 12.8. The Hall–Kier alpha value is -1.85. The fraction of sp³-hybridized carbons (Fsp3) is 0.400. The summed E-state index contributed by atoms with van der Waals surface area (Å²) < 4.78 is 53.5. The van der Waals surface area contributed by atoms with Crippen LogP contribution in [0.1, 0.15) is 11.9 Å². The van der Waals surface area contributed by atoms with E-state index < -0.39 is 47.1 Å². The first-order chi connectivity index (χ1) is 14.0. The van der Waals surface area contributed by atoms with Gasteiger partial charge in [-0.1, -0.05) is 48.5 Å². The van der Waals surface area contributed by atoms with Crippen molar-refractivity contribution in [3.8, 4) is 0 Å². The van der Waals surface area contributed by atoms with E-state index in [0.29, 0.717) is 0 Å². The second-order valence-corrected chi connectivity index (χ2v) is 8.35. The molecule has 4 rings (SSSR count). The summed E-state index contributed by atoms with van der Waals surface area (Å²) in [5.74, 6) is 0. The first-order valence-corrected chi connectivity index (χ1v) is 10.6. The molecule has 0 radical (unpaired) electrons. The molecule has 0 unspecified atom stereocenters. The maximum Gasteiger partial charge on any atom is 0.297 e. The summed E-state index contributed by atoms with van der Waals surface area (Å²) in [6, 6.07) is 16.9. The number of hydrogen-bond donors (Lipinski definition) is 1. The predicted molar refractivity (Wildman–Crippen MR) is 100 cm³/mol. The fourth-order valence-electron chi connectivity index (χ4n) is 3.44. The Morgan fingerprint density at radius 1 is 1.00 bits per heavy atom. The zero-order valence-corrected chi connectivity index (χ0v) is 16.5. The van der Waals surface area contributed by atoms with Crippen molar-refractivity contribution in [3.63, 3.8) is 0 Å². The van der Waals surface area contributed by atoms with Gasteiger partial charge in [0.2, 0.25) is 0 Å². The lowest BCUT2D eigenvalue weighted by atomic mass is 9.98. The van der Waals surface area contributed by atoms with E-state index in [9.17, 15) is 13.5 Å². The second kappa shape index (κ2) is 8.49. The molecule has 0 bridgehead atoms. The van der Waals surface area contributed by atoms with E-state index in [-0.39, 0.29) is 11.5 Å². The number of aliphatic hydroxyl groups excluding tert-OH is 1. The maximum atomic E-state index is 12.8. The van der Waals surface area contributed by atoms with Crippen molar-refractivity contribution in [1.82, 2.24) is 0 Å². The minimum absolute atomic E-state index is 0.0177. The number of benzene rings is 2. The highest BCUT2D eigenvalue weighted by molar-refractivity contribution is 7.86. The van der Waals surface area contributed by atoms with Gasteiger partial charge in [-0.05, 0) is 12.1 Å². The zero-order valence-electron chi connectivity index (χ0n) is 15.7. The molecule has 0 aliphatic carbocycles. The Bertz CT molecular complexity index is 905. The molecule has 156 valence electrons. The Kier molecular flexibility index (Phi) is 5.98. The van der Waals surface area contributed by atoms with Crippen molar-refractivity contribution in [2.45, 2.75) is 41.9 Å². The van der Waals surface area contributed by atoms with E-state index in [2.05, 4.69) is 0 Å². The average Bonchev–Trinajstić information content (AvgIpc) is 2.76. The van der Waals surface area contributed by atoms with Crippen LogP contribution in [0, 0.1) is 0 Å². The highest BCUT2D eigenvalue weighted by Gasteiger charge is 2.52. The number of ether oxygens (including phenoxy) is 4. The van der Waals surface area contributed by atoms with Gasteiger partial charge in [0.1, 0.15) is 24.4 Å². The standard InChI is InChI=1S/C20H22O8S/c1-24-20-16(21)18(28-29(22,23)14-10-6-3-7-11-14)17-15(26-20)12-25-19(27-17)13-8-4-2-5-9-13/h2-11,15-21H,12H2,1H3/t15-,16-,17+,18-,19+,20-/m1/s1. The Labute approximate surface area is 169 Å². The molecule has 8 nitrogen and oxygen atoms in total. The highest BCUT2D eigenvalue weighted by atomic mass is 32.2. The van der Waals surface area contributed by atoms with Crippen LogP contribution in [-0.4, -0.2) is 57.9 Å². The quantitative estimate of drug-likeness (QED) is 0.726. The third-order valence-electron chi connectivity index (χ3n) is 4.88. The predicted octanol–water partition coefficient (Wildman–Crippen LogP) is 1.61. The van der Waals surface area contributed by atoms with Gasteiger partial charge < -0.3 is 24.1 Å². The van der Waals surface area contributed by atoms with Crippen LogP contribution < -0.4 is 0 Å². The summed E-state index contributed by atoms with van der Waals surface area (Å²) in [4.78, 5) is -0.0177. The molecule has 2 aliphatic heterocycles. The van der Waals surface area contributed by atoms with Crippen molar-refractivity contribution < 1.29 is 36.7 Å². The van der Waals surface area contributed by atoms with E-state index in [1.165, 1.54) is 19.2 Å². The number of methoxy groups -OCH3 is 1. The lowest BCUT2D eigenvalue weighted by molar-refractivity contribution is -0.354. The van der Waals surface area contributed by atoms with E-state index in [0.717, 1.165) is 5.56 Å². The van der Waals surface area contributed by atoms with Gasteiger partial charge in [-0.3, -0.25) is 4.18 Å². The number of fused-ring (bicyclic) bond motifs is 1. The zero-order chi connectivity index (χ0) is 20.4. The Morgan fingerprint density at radius 3 is 2.31 bits per heavy atom. The van der Waals surface area contributed by atoms with Crippen LogP contribution in [0.25, 0.3) is 0 Å². The summed E-state index contributed by atoms with van der Waals surface area (Å²) in [7, 11) is -2.79. The van der Waals surface area contributed by atoms with Crippen LogP contribution in [0.3, 0.4) is 0 Å². The van der Waals surface area contributed by atoms with Gasteiger partial charge in [0.25, 0.3) is 10.1 Å². The third-order valence-corrected chi connectivity index (χ3v) is 6.21. The fourth-order valence-corrected chi connectivity index (χ4v) is 4.55. The molecule has 2 saturated heterocycles. The second-order valence-electron chi connectivity index (χ2n) is 6.77. The van der Waals surface area contributed by atoms with Crippen LogP contribution in [0.5, 0.6) is 0 Å². The summed E-state index contributed by atoms with van der Waals surface area (Å²) in [5.41, 5.74) is 0.763. The largest absolute Gasteiger partial charge is 0.385 e. The van der Waals surface area contributed by atoms with E-state index in [1.807, 2.05) is 30.3 Å². The lowest BCUT2D eigenvalue weighted by Crippen LogP contribution is -2.63.